The highest BCUT2D eigenvalue weighted by atomic mass is 79.9. The van der Waals surface area contributed by atoms with E-state index in [1.807, 2.05) is 16.8 Å². The van der Waals surface area contributed by atoms with Crippen LogP contribution in [0.25, 0.3) is 0 Å². The average Bonchev–Trinajstić information content (AvgIpc) is 3.01. The molecule has 0 spiro atoms. The Labute approximate surface area is 121 Å². The molecule has 2 aromatic heterocycles. The van der Waals surface area contributed by atoms with E-state index in [1.165, 1.54) is 0 Å². The molecule has 0 bridgehead atoms. The van der Waals surface area contributed by atoms with Crippen LogP contribution in [-0.2, 0) is 6.54 Å². The first-order valence-electron chi connectivity index (χ1n) is 6.29. The van der Waals surface area contributed by atoms with Gasteiger partial charge < -0.3 is 14.5 Å². The third-order valence-corrected chi connectivity index (χ3v) is 3.35. The normalized spacial score (nSPS) is 12.6. The van der Waals surface area contributed by atoms with Gasteiger partial charge in [-0.3, -0.25) is 4.68 Å². The van der Waals surface area contributed by atoms with Crippen LogP contribution in [0.3, 0.4) is 0 Å². The summed E-state index contributed by atoms with van der Waals surface area (Å²) in [5.41, 5.74) is 0.980. The second-order valence-corrected chi connectivity index (χ2v) is 4.83. The molecule has 0 radical (unpaired) electrons. The van der Waals surface area contributed by atoms with E-state index in [2.05, 4.69) is 40.2 Å². The van der Waals surface area contributed by atoms with Crippen LogP contribution in [0.4, 0.5) is 0 Å². The molecule has 0 saturated carbocycles. The van der Waals surface area contributed by atoms with Crippen molar-refractivity contribution in [3.63, 3.8) is 0 Å². The molecule has 0 aliphatic rings. The van der Waals surface area contributed by atoms with Crippen LogP contribution in [0.15, 0.2) is 27.4 Å². The molecule has 6 heteroatoms. The van der Waals surface area contributed by atoms with Gasteiger partial charge in [0.2, 0.25) is 0 Å². The first kappa shape index (κ1) is 14.1. The third kappa shape index (κ3) is 2.84. The number of hydrogen-bond acceptors (Lipinski definition) is 4. The predicted molar refractivity (Wildman–Crippen MR) is 76.4 cm³/mol. The molecule has 0 aliphatic carbocycles. The minimum atomic E-state index is -0.0753. The second kappa shape index (κ2) is 6.25. The van der Waals surface area contributed by atoms with Crippen LogP contribution >= 0.6 is 15.9 Å². The molecule has 1 unspecified atom stereocenters. The fraction of sp³-hybridized carbons (Fsp3) is 0.462. The van der Waals surface area contributed by atoms with Gasteiger partial charge in [-0.05, 0) is 41.5 Å². The molecule has 5 nitrogen and oxygen atoms in total. The molecule has 104 valence electrons. The number of aryl methyl sites for hydroxylation is 1. The summed E-state index contributed by atoms with van der Waals surface area (Å²) < 4.78 is 13.7. The van der Waals surface area contributed by atoms with Gasteiger partial charge in [-0.2, -0.15) is 5.10 Å². The van der Waals surface area contributed by atoms with Crippen molar-refractivity contribution in [2.45, 2.75) is 26.4 Å². The van der Waals surface area contributed by atoms with Crippen molar-refractivity contribution in [3.8, 4) is 5.75 Å². The minimum Gasteiger partial charge on any atom is -0.493 e. The zero-order valence-corrected chi connectivity index (χ0v) is 12.9. The summed E-state index contributed by atoms with van der Waals surface area (Å²) in [4.78, 5) is 0. The van der Waals surface area contributed by atoms with Crippen LogP contribution < -0.4 is 10.1 Å². The lowest BCUT2D eigenvalue weighted by atomic mass is 10.1. The molecule has 2 heterocycles. The molecular weight excluding hydrogens is 310 g/mol. The van der Waals surface area contributed by atoms with Gasteiger partial charge in [-0.15, -0.1) is 0 Å². The van der Waals surface area contributed by atoms with Crippen molar-refractivity contribution < 1.29 is 9.15 Å². The van der Waals surface area contributed by atoms with Crippen molar-refractivity contribution in [2.24, 2.45) is 0 Å². The number of ether oxygens (including phenoxy) is 1. The van der Waals surface area contributed by atoms with Gasteiger partial charge in [0, 0.05) is 6.54 Å². The Morgan fingerprint density at radius 2 is 2.26 bits per heavy atom. The van der Waals surface area contributed by atoms with Crippen molar-refractivity contribution in [3.05, 3.63) is 34.5 Å². The predicted octanol–water partition coefficient (Wildman–Crippen LogP) is 2.97. The molecule has 0 fully saturated rings. The lowest BCUT2D eigenvalue weighted by molar-refractivity contribution is 0.381. The van der Waals surface area contributed by atoms with Crippen LogP contribution in [-0.4, -0.2) is 23.4 Å². The fourth-order valence-electron chi connectivity index (χ4n) is 2.10. The zero-order valence-electron chi connectivity index (χ0n) is 11.3. The van der Waals surface area contributed by atoms with E-state index in [9.17, 15) is 0 Å². The Kier molecular flexibility index (Phi) is 4.66. The highest BCUT2D eigenvalue weighted by Crippen LogP contribution is 2.31. The van der Waals surface area contributed by atoms with E-state index in [0.717, 1.165) is 30.3 Å². The van der Waals surface area contributed by atoms with Gasteiger partial charge in [0.25, 0.3) is 0 Å². The summed E-state index contributed by atoms with van der Waals surface area (Å²) in [7, 11) is 1.65. The Bertz CT molecular complexity index is 514. The Balaban J connectivity index is 2.46. The summed E-state index contributed by atoms with van der Waals surface area (Å²) in [5.74, 6) is 1.60. The van der Waals surface area contributed by atoms with Gasteiger partial charge in [0.15, 0.2) is 10.4 Å². The Hall–Kier alpha value is -1.27. The molecule has 19 heavy (non-hydrogen) atoms. The SMILES string of the molecule is CCNC(c1ccc(Br)o1)c1c(OC)cnn1CC. The molecular formula is C13H18BrN3O2. The standard InChI is InChI=1S/C13H18BrN3O2/c1-4-15-12(9-6-7-11(14)19-9)13-10(18-3)8-16-17(13)5-2/h6-8,12,15H,4-5H2,1-3H3. The number of furan rings is 1. The fourth-order valence-corrected chi connectivity index (χ4v) is 2.42. The van der Waals surface area contributed by atoms with E-state index in [4.69, 9.17) is 9.15 Å². The molecule has 0 amide bonds. The number of nitrogens with one attached hydrogen (secondary N) is 1. The number of rotatable bonds is 6. The number of hydrogen-bond donors (Lipinski definition) is 1. The molecule has 0 saturated heterocycles. The number of methoxy groups -OCH3 is 1. The number of nitrogens with zero attached hydrogens (tertiary/aromatic N) is 2. The van der Waals surface area contributed by atoms with E-state index >= 15 is 0 Å². The van der Waals surface area contributed by atoms with Crippen LogP contribution in [0, 0.1) is 0 Å². The van der Waals surface area contributed by atoms with Crippen LogP contribution in [0.2, 0.25) is 0 Å². The van der Waals surface area contributed by atoms with E-state index in [0.29, 0.717) is 4.67 Å². The third-order valence-electron chi connectivity index (χ3n) is 2.92. The van der Waals surface area contributed by atoms with Gasteiger partial charge >= 0.3 is 0 Å². The Morgan fingerprint density at radius 1 is 1.47 bits per heavy atom. The molecule has 0 aromatic carbocycles. The molecule has 0 aliphatic heterocycles. The number of halogens is 1. The van der Waals surface area contributed by atoms with Crippen LogP contribution in [0.1, 0.15) is 31.3 Å². The van der Waals surface area contributed by atoms with E-state index in [1.54, 1.807) is 13.3 Å². The van der Waals surface area contributed by atoms with E-state index < -0.39 is 0 Å². The maximum Gasteiger partial charge on any atom is 0.169 e. The summed E-state index contributed by atoms with van der Waals surface area (Å²) in [6.45, 7) is 5.71. The molecule has 2 aromatic rings. The molecule has 1 N–H and O–H groups in total. The molecule has 1 atom stereocenters. The maximum atomic E-state index is 5.68. The highest BCUT2D eigenvalue weighted by Gasteiger charge is 2.25. The largest absolute Gasteiger partial charge is 0.493 e. The topological polar surface area (TPSA) is 52.2 Å². The van der Waals surface area contributed by atoms with Gasteiger partial charge in [-0.1, -0.05) is 6.92 Å². The highest BCUT2D eigenvalue weighted by molar-refractivity contribution is 9.10. The Morgan fingerprint density at radius 3 is 2.79 bits per heavy atom. The lowest BCUT2D eigenvalue weighted by Crippen LogP contribution is -2.25. The maximum absolute atomic E-state index is 5.68. The zero-order chi connectivity index (χ0) is 13.8. The monoisotopic (exact) mass is 327 g/mol. The first-order chi connectivity index (χ1) is 9.21. The lowest BCUT2D eigenvalue weighted by Gasteiger charge is -2.18. The van der Waals surface area contributed by atoms with Crippen molar-refractivity contribution in [2.75, 3.05) is 13.7 Å². The van der Waals surface area contributed by atoms with Gasteiger partial charge in [-0.25, -0.2) is 0 Å². The van der Waals surface area contributed by atoms with Crippen molar-refractivity contribution >= 4 is 15.9 Å². The second-order valence-electron chi connectivity index (χ2n) is 4.05. The van der Waals surface area contributed by atoms with Crippen molar-refractivity contribution in [1.82, 2.24) is 15.1 Å². The molecule has 2 rings (SSSR count). The number of aromatic nitrogens is 2. The first-order valence-corrected chi connectivity index (χ1v) is 7.08. The quantitative estimate of drug-likeness (QED) is 0.886. The van der Waals surface area contributed by atoms with Gasteiger partial charge in [0.1, 0.15) is 17.5 Å². The summed E-state index contributed by atoms with van der Waals surface area (Å²) in [6.07, 6.45) is 1.74. The van der Waals surface area contributed by atoms with Crippen molar-refractivity contribution in [1.29, 1.82) is 0 Å². The summed E-state index contributed by atoms with van der Waals surface area (Å²) in [5, 5.41) is 7.75. The smallest absolute Gasteiger partial charge is 0.169 e. The van der Waals surface area contributed by atoms with Crippen LogP contribution in [0.5, 0.6) is 5.75 Å². The summed E-state index contributed by atoms with van der Waals surface area (Å²) >= 11 is 3.34. The van der Waals surface area contributed by atoms with E-state index in [-0.39, 0.29) is 6.04 Å². The van der Waals surface area contributed by atoms with Gasteiger partial charge in [0.05, 0.1) is 13.3 Å². The summed E-state index contributed by atoms with van der Waals surface area (Å²) in [6, 6.07) is 3.76. The average molecular weight is 328 g/mol. The minimum absolute atomic E-state index is 0.0753.